The molecule has 1 saturated heterocycles. The minimum Gasteiger partial charge on any atom is -0.360 e. The van der Waals surface area contributed by atoms with Gasteiger partial charge in [-0.05, 0) is 67.1 Å². The summed E-state index contributed by atoms with van der Waals surface area (Å²) < 4.78 is 7.18. The second-order valence-electron chi connectivity index (χ2n) is 10.8. The molecule has 0 bridgehead atoms. The molecule has 4 aliphatic rings. The molecular formula is C24H43OPS. The Morgan fingerprint density at radius 2 is 1.41 bits per heavy atom. The second kappa shape index (κ2) is 9.26. The van der Waals surface area contributed by atoms with Crippen molar-refractivity contribution in [1.82, 2.24) is 0 Å². The van der Waals surface area contributed by atoms with Gasteiger partial charge in [-0.25, -0.2) is 0 Å². The van der Waals surface area contributed by atoms with Gasteiger partial charge in [0.05, 0.1) is 6.10 Å². The Morgan fingerprint density at radius 1 is 0.815 bits per heavy atom. The van der Waals surface area contributed by atoms with Crippen molar-refractivity contribution in [2.24, 2.45) is 17.3 Å². The first-order chi connectivity index (χ1) is 13.0. The van der Waals surface area contributed by atoms with Crippen LogP contribution in [0.25, 0.3) is 0 Å². The monoisotopic (exact) mass is 410 g/mol. The number of thioether (sulfide) groups is 1. The van der Waals surface area contributed by atoms with E-state index < -0.39 is 0 Å². The molecule has 156 valence electrons. The molecule has 3 aliphatic carbocycles. The molecule has 1 heterocycles. The molecule has 4 fully saturated rings. The van der Waals surface area contributed by atoms with Gasteiger partial charge in [0, 0.05) is 5.75 Å². The molecule has 0 spiro atoms. The normalized spacial score (nSPS) is 39.1. The fourth-order valence-electron chi connectivity index (χ4n) is 6.51. The molecule has 3 heteroatoms. The Kier molecular flexibility index (Phi) is 7.20. The van der Waals surface area contributed by atoms with E-state index in [2.05, 4.69) is 32.5 Å². The quantitative estimate of drug-likeness (QED) is 0.436. The molecule has 4 rings (SSSR count). The lowest BCUT2D eigenvalue weighted by Crippen LogP contribution is -2.40. The van der Waals surface area contributed by atoms with Crippen LogP contribution in [0.2, 0.25) is 0 Å². The van der Waals surface area contributed by atoms with Gasteiger partial charge in [-0.15, -0.1) is 11.8 Å². The summed E-state index contributed by atoms with van der Waals surface area (Å²) in [6.45, 7) is 7.55. The van der Waals surface area contributed by atoms with Gasteiger partial charge in [-0.3, -0.25) is 0 Å². The maximum Gasteiger partial charge on any atom is 0.122 e. The summed E-state index contributed by atoms with van der Waals surface area (Å²) in [6.07, 6.45) is 19.6. The minimum atomic E-state index is 0.0205. The predicted octanol–water partition coefficient (Wildman–Crippen LogP) is 8.01. The van der Waals surface area contributed by atoms with E-state index in [4.69, 9.17) is 4.74 Å². The van der Waals surface area contributed by atoms with Crippen LogP contribution in [0.3, 0.4) is 0 Å². The van der Waals surface area contributed by atoms with Crippen LogP contribution >= 0.6 is 19.7 Å². The summed E-state index contributed by atoms with van der Waals surface area (Å²) in [5, 5.41) is 0.547. The van der Waals surface area contributed by atoms with Gasteiger partial charge in [0.1, 0.15) is 5.18 Å². The molecule has 27 heavy (non-hydrogen) atoms. The standard InChI is InChI=1S/C24H43OPS/c1-18-14-15-21-22(16-18)25-23(27-17-24(21,2)3)26(19-10-6-4-7-11-19)20-12-8-5-9-13-20/h18-23H,4-17H2,1-3H3/t18-,21+,22-,23+/m1/s1. The van der Waals surface area contributed by atoms with Gasteiger partial charge in [-0.1, -0.05) is 73.6 Å². The van der Waals surface area contributed by atoms with Crippen LogP contribution in [0.5, 0.6) is 0 Å². The van der Waals surface area contributed by atoms with E-state index in [-0.39, 0.29) is 7.92 Å². The van der Waals surface area contributed by atoms with Crippen molar-refractivity contribution in [1.29, 1.82) is 0 Å². The second-order valence-corrected chi connectivity index (χ2v) is 15.1. The zero-order valence-corrected chi connectivity index (χ0v) is 19.8. The molecule has 0 radical (unpaired) electrons. The van der Waals surface area contributed by atoms with Gasteiger partial charge in [-0.2, -0.15) is 0 Å². The van der Waals surface area contributed by atoms with E-state index in [1.165, 1.54) is 89.2 Å². The SMILES string of the molecule is C[C@@H]1CC[C@H]2[C@@H](C1)O[C@@H](P(C1CCCCC1)C1CCCCC1)SCC2(C)C. The summed E-state index contributed by atoms with van der Waals surface area (Å²) in [6, 6.07) is 0. The van der Waals surface area contributed by atoms with E-state index in [0.29, 0.717) is 16.7 Å². The smallest absolute Gasteiger partial charge is 0.122 e. The van der Waals surface area contributed by atoms with Crippen molar-refractivity contribution in [3.8, 4) is 0 Å². The number of ether oxygens (including phenoxy) is 1. The number of hydrogen-bond donors (Lipinski definition) is 0. The Labute approximate surface area is 174 Å². The largest absolute Gasteiger partial charge is 0.360 e. The number of fused-ring (bicyclic) bond motifs is 1. The fraction of sp³-hybridized carbons (Fsp3) is 1.00. The molecule has 0 aromatic carbocycles. The molecule has 1 nitrogen and oxygen atoms in total. The van der Waals surface area contributed by atoms with Crippen LogP contribution in [-0.4, -0.2) is 28.4 Å². The summed E-state index contributed by atoms with van der Waals surface area (Å²) in [5.74, 6) is 2.98. The summed E-state index contributed by atoms with van der Waals surface area (Å²) in [4.78, 5) is 0. The summed E-state index contributed by atoms with van der Waals surface area (Å²) >= 11 is 2.26. The van der Waals surface area contributed by atoms with Gasteiger partial charge in [0.15, 0.2) is 0 Å². The average molecular weight is 411 g/mol. The molecular weight excluding hydrogens is 367 g/mol. The Morgan fingerprint density at radius 3 is 2.00 bits per heavy atom. The third kappa shape index (κ3) is 4.91. The predicted molar refractivity (Wildman–Crippen MR) is 122 cm³/mol. The van der Waals surface area contributed by atoms with Crippen molar-refractivity contribution >= 4 is 19.7 Å². The Bertz CT molecular complexity index is 451. The third-order valence-electron chi connectivity index (χ3n) is 8.18. The van der Waals surface area contributed by atoms with Gasteiger partial charge >= 0.3 is 0 Å². The number of rotatable bonds is 3. The highest BCUT2D eigenvalue weighted by Gasteiger charge is 2.47. The summed E-state index contributed by atoms with van der Waals surface area (Å²) in [5.41, 5.74) is 2.47. The lowest BCUT2D eigenvalue weighted by molar-refractivity contribution is -0.0435. The highest BCUT2D eigenvalue weighted by atomic mass is 32.2. The van der Waals surface area contributed by atoms with E-state index in [0.717, 1.165) is 23.2 Å². The molecule has 0 unspecified atom stereocenters. The van der Waals surface area contributed by atoms with Gasteiger partial charge in [0.2, 0.25) is 0 Å². The van der Waals surface area contributed by atoms with Crippen LogP contribution in [-0.2, 0) is 4.74 Å². The Hall–Kier alpha value is 0.740. The van der Waals surface area contributed by atoms with Crippen molar-refractivity contribution in [2.45, 2.75) is 127 Å². The van der Waals surface area contributed by atoms with Crippen LogP contribution in [0, 0.1) is 17.3 Å². The highest BCUT2D eigenvalue weighted by Crippen LogP contribution is 2.64. The molecule has 0 aromatic heterocycles. The Balaban J connectivity index is 1.56. The molecule has 4 atom stereocenters. The first-order valence-corrected chi connectivity index (χ1v) is 14.7. The van der Waals surface area contributed by atoms with E-state index in [1.807, 2.05) is 0 Å². The van der Waals surface area contributed by atoms with Crippen molar-refractivity contribution in [3.05, 3.63) is 0 Å². The molecule has 0 N–H and O–H groups in total. The lowest BCUT2D eigenvalue weighted by atomic mass is 9.68. The first kappa shape index (κ1) is 21.0. The molecule has 0 amide bonds. The van der Waals surface area contributed by atoms with Crippen LogP contribution in [0.15, 0.2) is 0 Å². The van der Waals surface area contributed by atoms with Crippen molar-refractivity contribution < 1.29 is 4.74 Å². The molecule has 1 aliphatic heterocycles. The lowest BCUT2D eigenvalue weighted by Gasteiger charge is -2.44. The first-order valence-electron chi connectivity index (χ1n) is 12.1. The maximum absolute atomic E-state index is 7.18. The van der Waals surface area contributed by atoms with Crippen LogP contribution in [0.1, 0.15) is 104 Å². The van der Waals surface area contributed by atoms with Crippen molar-refractivity contribution in [3.63, 3.8) is 0 Å². The number of hydrogen-bond acceptors (Lipinski definition) is 2. The van der Waals surface area contributed by atoms with Crippen LogP contribution < -0.4 is 0 Å². The molecule has 3 saturated carbocycles. The van der Waals surface area contributed by atoms with Crippen LogP contribution in [0.4, 0.5) is 0 Å². The zero-order valence-electron chi connectivity index (χ0n) is 18.1. The zero-order chi connectivity index (χ0) is 18.9. The van der Waals surface area contributed by atoms with E-state index in [9.17, 15) is 0 Å². The maximum atomic E-state index is 7.18. The fourth-order valence-corrected chi connectivity index (χ4v) is 13.0. The van der Waals surface area contributed by atoms with Gasteiger partial charge < -0.3 is 4.74 Å². The molecule has 0 aromatic rings. The third-order valence-corrected chi connectivity index (χ3v) is 14.0. The highest BCUT2D eigenvalue weighted by molar-refractivity contribution is 8.05. The average Bonchev–Trinajstić information content (AvgIpc) is 2.80. The van der Waals surface area contributed by atoms with Gasteiger partial charge in [0.25, 0.3) is 0 Å². The minimum absolute atomic E-state index is 0.0205. The van der Waals surface area contributed by atoms with E-state index in [1.54, 1.807) is 0 Å². The van der Waals surface area contributed by atoms with E-state index >= 15 is 0 Å². The summed E-state index contributed by atoms with van der Waals surface area (Å²) in [7, 11) is 0.0205. The topological polar surface area (TPSA) is 9.23 Å². The van der Waals surface area contributed by atoms with Crippen molar-refractivity contribution in [2.75, 3.05) is 5.75 Å².